The lowest BCUT2D eigenvalue weighted by atomic mass is 10.0. The number of ether oxygens (including phenoxy) is 2. The molecule has 0 fully saturated rings. The van der Waals surface area contributed by atoms with Crippen LogP contribution < -0.4 is 10.6 Å². The fourth-order valence-corrected chi connectivity index (χ4v) is 6.35. The molecular weight excluding hydrogens is 689 g/mol. The van der Waals surface area contributed by atoms with Crippen LogP contribution in [0.5, 0.6) is 0 Å². The van der Waals surface area contributed by atoms with Crippen molar-refractivity contribution in [1.29, 1.82) is 0 Å². The van der Waals surface area contributed by atoms with Gasteiger partial charge in [-0.2, -0.15) is 0 Å². The van der Waals surface area contributed by atoms with Crippen LogP contribution in [0.3, 0.4) is 0 Å². The van der Waals surface area contributed by atoms with E-state index in [2.05, 4.69) is 62.1 Å². The topological polar surface area (TPSA) is 139 Å². The Balaban J connectivity index is 4.26. The first-order valence-corrected chi connectivity index (χ1v) is 22.6. The Morgan fingerprint density at radius 2 is 1.00 bits per heavy atom. The van der Waals surface area contributed by atoms with Crippen LogP contribution in [-0.2, 0) is 32.7 Å². The predicted octanol–water partition coefficient (Wildman–Crippen LogP) is 10.6. The van der Waals surface area contributed by atoms with Crippen LogP contribution in [0.15, 0.2) is 48.6 Å². The van der Waals surface area contributed by atoms with Crippen molar-refractivity contribution in [1.82, 2.24) is 0 Å². The first kappa shape index (κ1) is 51.0. The summed E-state index contributed by atoms with van der Waals surface area (Å²) < 4.78 is 32.4. The van der Waals surface area contributed by atoms with Crippen LogP contribution >= 0.6 is 7.82 Å². The zero-order valence-corrected chi connectivity index (χ0v) is 34.7. The summed E-state index contributed by atoms with van der Waals surface area (Å²) in [4.78, 5) is 36.9. The van der Waals surface area contributed by atoms with Crippen molar-refractivity contribution < 1.29 is 43.3 Å². The van der Waals surface area contributed by atoms with Gasteiger partial charge in [-0.1, -0.05) is 165 Å². The molecule has 0 aliphatic rings. The molecular formula is C43H78NO8P. The van der Waals surface area contributed by atoms with Gasteiger partial charge in [-0.05, 0) is 51.4 Å². The normalized spacial score (nSPS) is 13.8. The highest BCUT2D eigenvalue weighted by Gasteiger charge is 2.21. The molecule has 0 aliphatic heterocycles. The molecule has 0 aliphatic carbocycles. The number of allylic oxidation sites excluding steroid dienone is 8. The minimum absolute atomic E-state index is 0.114. The maximum absolute atomic E-state index is 12.5. The van der Waals surface area contributed by atoms with Crippen LogP contribution in [-0.4, -0.2) is 44.4 Å². The second kappa shape index (κ2) is 39.7. The van der Waals surface area contributed by atoms with Crippen molar-refractivity contribution in [3.05, 3.63) is 48.6 Å². The summed E-state index contributed by atoms with van der Waals surface area (Å²) in [5.41, 5.74) is 3.55. The Morgan fingerprint density at radius 1 is 0.566 bits per heavy atom. The van der Waals surface area contributed by atoms with Crippen molar-refractivity contribution in [2.24, 2.45) is 0 Å². The van der Waals surface area contributed by atoms with Crippen molar-refractivity contribution in [2.75, 3.05) is 26.4 Å². The van der Waals surface area contributed by atoms with E-state index in [1.54, 1.807) is 0 Å². The molecule has 0 saturated carbocycles. The van der Waals surface area contributed by atoms with Gasteiger partial charge in [-0.15, -0.1) is 0 Å². The Bertz CT molecular complexity index is 1010. The molecule has 2 atom stereocenters. The van der Waals surface area contributed by atoms with Crippen LogP contribution in [0.2, 0.25) is 0 Å². The van der Waals surface area contributed by atoms with Crippen LogP contribution in [0.4, 0.5) is 0 Å². The van der Waals surface area contributed by atoms with Gasteiger partial charge < -0.3 is 29.1 Å². The molecule has 9 nitrogen and oxygen atoms in total. The smallest absolute Gasteiger partial charge is 0.306 e. The Hall–Kier alpha value is -2.03. The van der Waals surface area contributed by atoms with E-state index in [0.29, 0.717) is 12.8 Å². The van der Waals surface area contributed by atoms with Gasteiger partial charge in [0.05, 0.1) is 13.2 Å². The standard InChI is InChI=1S/C43H78NO8P/c1-3-5-7-9-11-13-15-17-19-20-22-24-26-28-30-32-34-36-43(46)52-41(40-51-53(47,48)50-38-37-44)39-49-42(45)35-33-31-29-27-25-23-21-18-16-14-12-10-8-6-4-2/h11,13,17,19,22,24,28,30,41H,3-10,12,14-16,18,20-21,23,25-27,29,31-40,44H2,1-2H3,(H,47,48)/b13-11+,19-17+,24-22+,30-28+/t41-/m1/s1. The average molecular weight is 768 g/mol. The number of unbranched alkanes of at least 4 members (excludes halogenated alkanes) is 18. The third kappa shape index (κ3) is 39.5. The number of phosphoric ester groups is 1. The minimum Gasteiger partial charge on any atom is -0.756 e. The van der Waals surface area contributed by atoms with Crippen LogP contribution in [0.1, 0.15) is 181 Å². The molecule has 0 aromatic rings. The van der Waals surface area contributed by atoms with Gasteiger partial charge >= 0.3 is 11.9 Å². The lowest BCUT2D eigenvalue weighted by molar-refractivity contribution is -0.373. The maximum atomic E-state index is 12.5. The summed E-state index contributed by atoms with van der Waals surface area (Å²) in [6.07, 6.45) is 44.2. The molecule has 10 heteroatoms. The molecule has 0 amide bonds. The van der Waals surface area contributed by atoms with Gasteiger partial charge in [0, 0.05) is 12.8 Å². The van der Waals surface area contributed by atoms with Crippen LogP contribution in [0.25, 0.3) is 0 Å². The van der Waals surface area contributed by atoms with Gasteiger partial charge in [0.15, 0.2) is 6.10 Å². The second-order valence-corrected chi connectivity index (χ2v) is 15.3. The van der Waals surface area contributed by atoms with E-state index in [9.17, 15) is 19.0 Å². The number of hydrogen-bond donors (Lipinski definition) is 1. The molecule has 0 aromatic heterocycles. The fourth-order valence-electron chi connectivity index (χ4n) is 5.57. The highest BCUT2D eigenvalue weighted by molar-refractivity contribution is 7.45. The molecule has 0 heterocycles. The Labute approximate surface area is 324 Å². The van der Waals surface area contributed by atoms with Crippen molar-refractivity contribution in [3.8, 4) is 0 Å². The molecule has 0 aromatic carbocycles. The van der Waals surface area contributed by atoms with Crippen LogP contribution in [0, 0.1) is 0 Å². The lowest BCUT2D eigenvalue weighted by Gasteiger charge is -2.25. The predicted molar refractivity (Wildman–Crippen MR) is 216 cm³/mol. The largest absolute Gasteiger partial charge is 0.756 e. The van der Waals surface area contributed by atoms with E-state index in [1.165, 1.54) is 103 Å². The average Bonchev–Trinajstić information content (AvgIpc) is 3.14. The van der Waals surface area contributed by atoms with E-state index in [0.717, 1.165) is 38.5 Å². The van der Waals surface area contributed by atoms with E-state index >= 15 is 0 Å². The Kier molecular flexibility index (Phi) is 38.1. The molecule has 0 saturated heterocycles. The second-order valence-electron chi connectivity index (χ2n) is 13.9. The van der Waals surface area contributed by atoms with Gasteiger partial charge in [0.25, 0.3) is 7.82 Å². The summed E-state index contributed by atoms with van der Waals surface area (Å²) in [6.45, 7) is 3.84. The first-order valence-electron chi connectivity index (χ1n) is 21.2. The zero-order valence-electron chi connectivity index (χ0n) is 33.8. The van der Waals surface area contributed by atoms with E-state index in [-0.39, 0.29) is 32.6 Å². The maximum Gasteiger partial charge on any atom is 0.306 e. The summed E-state index contributed by atoms with van der Waals surface area (Å²) in [7, 11) is -4.60. The SMILES string of the molecule is CCCCC/C=C/C/C=C/C/C=C/C/C=C/CCCC(=O)O[C@H](COC(=O)CCCCCCCCCCCCCCCCC)COP(=O)([O-])OCC[NH3+]. The Morgan fingerprint density at radius 3 is 1.51 bits per heavy atom. The van der Waals surface area contributed by atoms with E-state index in [4.69, 9.17) is 18.5 Å². The molecule has 0 rings (SSSR count). The quantitative estimate of drug-likeness (QED) is 0.0282. The minimum atomic E-state index is -4.60. The molecule has 0 spiro atoms. The summed E-state index contributed by atoms with van der Waals surface area (Å²) in [6, 6.07) is 0. The highest BCUT2D eigenvalue weighted by atomic mass is 31.2. The number of quaternary nitrogens is 1. The summed E-state index contributed by atoms with van der Waals surface area (Å²) in [5.74, 6) is -0.910. The fraction of sp³-hybridized carbons (Fsp3) is 0.767. The zero-order chi connectivity index (χ0) is 38.9. The third-order valence-electron chi connectivity index (χ3n) is 8.73. The molecule has 1 unspecified atom stereocenters. The summed E-state index contributed by atoms with van der Waals surface area (Å²) in [5, 5.41) is 0. The number of phosphoric acid groups is 1. The van der Waals surface area contributed by atoms with Gasteiger partial charge in [0.2, 0.25) is 0 Å². The molecule has 53 heavy (non-hydrogen) atoms. The first-order chi connectivity index (χ1) is 25.8. The van der Waals surface area contributed by atoms with Crippen molar-refractivity contribution >= 4 is 19.8 Å². The van der Waals surface area contributed by atoms with E-state index < -0.39 is 32.5 Å². The van der Waals surface area contributed by atoms with Gasteiger partial charge in [0.1, 0.15) is 13.2 Å². The number of carbonyl (C=O) groups is 2. The number of rotatable bonds is 39. The molecule has 3 N–H and O–H groups in total. The molecule has 308 valence electrons. The number of hydrogen-bond acceptors (Lipinski definition) is 8. The molecule has 0 radical (unpaired) electrons. The van der Waals surface area contributed by atoms with Gasteiger partial charge in [-0.25, -0.2) is 0 Å². The number of esters is 2. The third-order valence-corrected chi connectivity index (χ3v) is 9.70. The monoisotopic (exact) mass is 768 g/mol. The van der Waals surface area contributed by atoms with E-state index in [1.807, 2.05) is 6.08 Å². The summed E-state index contributed by atoms with van der Waals surface area (Å²) >= 11 is 0. The van der Waals surface area contributed by atoms with Gasteiger partial charge in [-0.3, -0.25) is 14.2 Å². The molecule has 0 bridgehead atoms. The number of carbonyl (C=O) groups excluding carboxylic acids is 2. The highest BCUT2D eigenvalue weighted by Crippen LogP contribution is 2.38. The van der Waals surface area contributed by atoms with Crippen molar-refractivity contribution in [2.45, 2.75) is 187 Å². The lowest BCUT2D eigenvalue weighted by Crippen LogP contribution is -2.52. The van der Waals surface area contributed by atoms with Crippen molar-refractivity contribution in [3.63, 3.8) is 0 Å².